The molecule has 0 aliphatic rings. The number of hydrogen-bond donors (Lipinski definition) is 0. The number of aromatic nitrogens is 3. The molecule has 0 fully saturated rings. The van der Waals surface area contributed by atoms with Crippen LogP contribution in [0.4, 0.5) is 4.39 Å². The lowest BCUT2D eigenvalue weighted by Gasteiger charge is -2.03. The maximum Gasteiger partial charge on any atom is 0.252 e. The fourth-order valence-electron chi connectivity index (χ4n) is 1.26. The first-order valence-electron chi connectivity index (χ1n) is 4.42. The van der Waals surface area contributed by atoms with Crippen molar-refractivity contribution in [1.82, 2.24) is 14.8 Å². The predicted molar refractivity (Wildman–Crippen MR) is 55.2 cm³/mol. The van der Waals surface area contributed by atoms with E-state index in [1.807, 2.05) is 6.07 Å². The van der Waals surface area contributed by atoms with Crippen molar-refractivity contribution in [2.24, 2.45) is 0 Å². The first-order valence-corrected chi connectivity index (χ1v) is 4.80. The summed E-state index contributed by atoms with van der Waals surface area (Å²) in [5.74, 6) is -0.285. The van der Waals surface area contributed by atoms with Gasteiger partial charge < -0.3 is 0 Å². The summed E-state index contributed by atoms with van der Waals surface area (Å²) >= 11 is 5.89. The summed E-state index contributed by atoms with van der Waals surface area (Å²) < 4.78 is 14.4. The van der Waals surface area contributed by atoms with Crippen LogP contribution in [0.1, 0.15) is 11.4 Å². The minimum absolute atomic E-state index is 0.0764. The molecule has 2 aromatic rings. The van der Waals surface area contributed by atoms with Crippen LogP contribution in [0.25, 0.3) is 0 Å². The van der Waals surface area contributed by atoms with Crippen LogP contribution in [0, 0.1) is 17.1 Å². The lowest BCUT2D eigenvalue weighted by molar-refractivity contribution is 0.619. The van der Waals surface area contributed by atoms with Gasteiger partial charge in [0.25, 0.3) is 5.82 Å². The number of hydrogen-bond acceptors (Lipinski definition) is 3. The summed E-state index contributed by atoms with van der Waals surface area (Å²) in [5.41, 5.74) is 0.594. The minimum atomic E-state index is -0.361. The van der Waals surface area contributed by atoms with Crippen LogP contribution in [-0.2, 0) is 6.54 Å². The lowest BCUT2D eigenvalue weighted by atomic mass is 10.2. The molecule has 0 saturated carbocycles. The van der Waals surface area contributed by atoms with E-state index in [2.05, 4.69) is 10.1 Å². The second-order valence-electron chi connectivity index (χ2n) is 3.11. The van der Waals surface area contributed by atoms with E-state index in [0.29, 0.717) is 10.6 Å². The third-order valence-electron chi connectivity index (χ3n) is 1.98. The Hall–Kier alpha value is -1.93. The zero-order valence-corrected chi connectivity index (χ0v) is 8.82. The van der Waals surface area contributed by atoms with Gasteiger partial charge in [0.1, 0.15) is 18.2 Å². The predicted octanol–water partition coefficient (Wildman–Crippen LogP) is 1.99. The van der Waals surface area contributed by atoms with Crippen LogP contribution in [-0.4, -0.2) is 14.8 Å². The Kier molecular flexibility index (Phi) is 2.84. The van der Waals surface area contributed by atoms with E-state index in [9.17, 15) is 4.39 Å². The van der Waals surface area contributed by atoms with Gasteiger partial charge in [0.05, 0.1) is 6.54 Å². The monoisotopic (exact) mass is 236 g/mol. The molecule has 4 nitrogen and oxygen atoms in total. The van der Waals surface area contributed by atoms with Gasteiger partial charge in [-0.1, -0.05) is 11.6 Å². The van der Waals surface area contributed by atoms with Gasteiger partial charge in [0.2, 0.25) is 0 Å². The molecule has 1 heterocycles. The van der Waals surface area contributed by atoms with Gasteiger partial charge in [-0.3, -0.25) is 0 Å². The van der Waals surface area contributed by atoms with E-state index in [1.54, 1.807) is 0 Å². The first kappa shape index (κ1) is 10.6. The molecule has 0 saturated heterocycles. The van der Waals surface area contributed by atoms with Crippen molar-refractivity contribution in [3.8, 4) is 6.07 Å². The van der Waals surface area contributed by atoms with Crippen LogP contribution in [0.15, 0.2) is 24.5 Å². The van der Waals surface area contributed by atoms with Crippen LogP contribution in [0.5, 0.6) is 0 Å². The number of rotatable bonds is 2. The van der Waals surface area contributed by atoms with Crippen LogP contribution < -0.4 is 0 Å². The summed E-state index contributed by atoms with van der Waals surface area (Å²) in [6, 6.07) is 5.90. The van der Waals surface area contributed by atoms with Gasteiger partial charge in [-0.05, 0) is 23.8 Å². The standard InChI is InChI=1S/C10H6ClFN4/c11-9-2-1-8(12)3-7(9)5-16-6-14-10(4-13)15-16/h1-3,6H,5H2. The fourth-order valence-corrected chi connectivity index (χ4v) is 1.44. The van der Waals surface area contributed by atoms with E-state index < -0.39 is 0 Å². The van der Waals surface area contributed by atoms with Gasteiger partial charge in [-0.25, -0.2) is 14.1 Å². The normalized spacial score (nSPS) is 10.1. The molecule has 16 heavy (non-hydrogen) atoms. The van der Waals surface area contributed by atoms with Crippen molar-refractivity contribution in [3.63, 3.8) is 0 Å². The summed E-state index contributed by atoms with van der Waals surface area (Å²) in [6.07, 6.45) is 1.40. The van der Waals surface area contributed by atoms with Crippen molar-refractivity contribution < 1.29 is 4.39 Å². The van der Waals surface area contributed by atoms with E-state index in [-0.39, 0.29) is 18.2 Å². The van der Waals surface area contributed by atoms with Crippen molar-refractivity contribution in [2.75, 3.05) is 0 Å². The molecule has 2 rings (SSSR count). The Balaban J connectivity index is 2.27. The van der Waals surface area contributed by atoms with Gasteiger partial charge in [-0.2, -0.15) is 5.26 Å². The Bertz CT molecular complexity index is 558. The summed E-state index contributed by atoms with van der Waals surface area (Å²) in [4.78, 5) is 3.74. The molecule has 0 N–H and O–H groups in total. The molecule has 0 bridgehead atoms. The highest BCUT2D eigenvalue weighted by molar-refractivity contribution is 6.31. The number of nitrogens with zero attached hydrogens (tertiary/aromatic N) is 4. The van der Waals surface area contributed by atoms with Gasteiger partial charge in [-0.15, -0.1) is 5.10 Å². The maximum atomic E-state index is 13.0. The van der Waals surface area contributed by atoms with Crippen LogP contribution in [0.3, 0.4) is 0 Å². The van der Waals surface area contributed by atoms with E-state index >= 15 is 0 Å². The Morgan fingerprint density at radius 3 is 3.00 bits per heavy atom. The van der Waals surface area contributed by atoms with Gasteiger partial charge in [0, 0.05) is 5.02 Å². The van der Waals surface area contributed by atoms with Crippen LogP contribution >= 0.6 is 11.6 Å². The molecule has 0 spiro atoms. The summed E-state index contributed by atoms with van der Waals surface area (Å²) in [7, 11) is 0. The molecular formula is C10H6ClFN4. The van der Waals surface area contributed by atoms with E-state index in [1.165, 1.54) is 29.2 Å². The van der Waals surface area contributed by atoms with Crippen molar-refractivity contribution in [2.45, 2.75) is 6.54 Å². The largest absolute Gasteiger partial charge is 0.252 e. The second-order valence-corrected chi connectivity index (χ2v) is 3.52. The van der Waals surface area contributed by atoms with Crippen molar-refractivity contribution in [1.29, 1.82) is 5.26 Å². The molecule has 0 radical (unpaired) electrons. The molecule has 6 heteroatoms. The molecule has 0 amide bonds. The molecule has 0 unspecified atom stereocenters. The minimum Gasteiger partial charge on any atom is -0.247 e. The number of benzene rings is 1. The first-order chi connectivity index (χ1) is 7.69. The van der Waals surface area contributed by atoms with E-state index in [4.69, 9.17) is 16.9 Å². The average Bonchev–Trinajstić information content (AvgIpc) is 2.71. The summed E-state index contributed by atoms with van der Waals surface area (Å²) in [5, 5.41) is 12.9. The lowest BCUT2D eigenvalue weighted by Crippen LogP contribution is -2.01. The van der Waals surface area contributed by atoms with Gasteiger partial charge in [0.15, 0.2) is 0 Å². The molecule has 0 aliphatic heterocycles. The SMILES string of the molecule is N#Cc1ncn(Cc2cc(F)ccc2Cl)n1. The summed E-state index contributed by atoms with van der Waals surface area (Å²) in [6.45, 7) is 0.283. The number of nitriles is 1. The Morgan fingerprint density at radius 1 is 1.50 bits per heavy atom. The zero-order chi connectivity index (χ0) is 11.5. The topological polar surface area (TPSA) is 54.5 Å². The quantitative estimate of drug-likeness (QED) is 0.801. The van der Waals surface area contributed by atoms with E-state index in [0.717, 1.165) is 0 Å². The van der Waals surface area contributed by atoms with Crippen LogP contribution in [0.2, 0.25) is 5.02 Å². The molecular weight excluding hydrogens is 231 g/mol. The highest BCUT2D eigenvalue weighted by Crippen LogP contribution is 2.17. The molecule has 0 aliphatic carbocycles. The Morgan fingerprint density at radius 2 is 2.31 bits per heavy atom. The number of halogens is 2. The zero-order valence-electron chi connectivity index (χ0n) is 8.06. The van der Waals surface area contributed by atoms with Crippen molar-refractivity contribution in [3.05, 3.63) is 46.8 Å². The maximum absolute atomic E-state index is 13.0. The average molecular weight is 237 g/mol. The smallest absolute Gasteiger partial charge is 0.247 e. The molecule has 1 aromatic carbocycles. The molecule has 0 atom stereocenters. The second kappa shape index (κ2) is 4.29. The Labute approximate surface area is 95.9 Å². The third-order valence-corrected chi connectivity index (χ3v) is 2.35. The molecule has 80 valence electrons. The van der Waals surface area contributed by atoms with Gasteiger partial charge >= 0.3 is 0 Å². The highest BCUT2D eigenvalue weighted by atomic mass is 35.5. The third kappa shape index (κ3) is 2.18. The van der Waals surface area contributed by atoms with Crippen molar-refractivity contribution >= 4 is 11.6 Å². The highest BCUT2D eigenvalue weighted by Gasteiger charge is 2.05. The fraction of sp³-hybridized carbons (Fsp3) is 0.100. The molecule has 1 aromatic heterocycles.